The van der Waals surface area contributed by atoms with Crippen LogP contribution in [0.4, 0.5) is 0 Å². The largest absolute Gasteiger partial charge is 0.491 e. The molecule has 0 saturated carbocycles. The highest BCUT2D eigenvalue weighted by Gasteiger charge is 2.19. The first-order chi connectivity index (χ1) is 10.3. The molecule has 0 radical (unpaired) electrons. The molecular weight excluding hydrogens is 278 g/mol. The second-order valence-corrected chi connectivity index (χ2v) is 6.17. The molecule has 0 aromatic heterocycles. The fraction of sp³-hybridized carbons (Fsp3) is 0.611. The van der Waals surface area contributed by atoms with Crippen molar-refractivity contribution >= 4 is 5.91 Å². The average molecular weight is 307 g/mol. The van der Waals surface area contributed by atoms with Crippen LogP contribution in [0.15, 0.2) is 24.3 Å². The summed E-state index contributed by atoms with van der Waals surface area (Å²) in [7, 11) is 0. The van der Waals surface area contributed by atoms with Crippen LogP contribution in [0.3, 0.4) is 0 Å². The Balaban J connectivity index is 2.58. The van der Waals surface area contributed by atoms with E-state index in [1.54, 1.807) is 0 Å². The third-order valence-corrected chi connectivity index (χ3v) is 4.00. The summed E-state index contributed by atoms with van der Waals surface area (Å²) in [4.78, 5) is 12.0. The van der Waals surface area contributed by atoms with Gasteiger partial charge in [0.2, 0.25) is 5.91 Å². The summed E-state index contributed by atoms with van der Waals surface area (Å²) in [5, 5.41) is 13.1. The molecule has 4 heteroatoms. The number of amides is 1. The Morgan fingerprint density at radius 1 is 1.27 bits per heavy atom. The molecule has 0 saturated heterocycles. The van der Waals surface area contributed by atoms with E-state index in [0.717, 1.165) is 17.7 Å². The van der Waals surface area contributed by atoms with Gasteiger partial charge in [0.15, 0.2) is 0 Å². The van der Waals surface area contributed by atoms with E-state index in [2.05, 4.69) is 19.2 Å². The molecule has 0 aliphatic heterocycles. The lowest BCUT2D eigenvalue weighted by Gasteiger charge is -2.19. The number of nitrogens with one attached hydrogen (secondary N) is 1. The third-order valence-electron chi connectivity index (χ3n) is 4.00. The highest BCUT2D eigenvalue weighted by Crippen LogP contribution is 2.20. The summed E-state index contributed by atoms with van der Waals surface area (Å²) in [6.45, 7) is 10.2. The van der Waals surface area contributed by atoms with Gasteiger partial charge in [-0.25, -0.2) is 0 Å². The number of rotatable bonds is 8. The molecule has 1 amide bonds. The Morgan fingerprint density at radius 3 is 2.55 bits per heavy atom. The Bertz CT molecular complexity index is 473. The van der Waals surface area contributed by atoms with Crippen LogP contribution in [0.25, 0.3) is 0 Å². The van der Waals surface area contributed by atoms with Crippen LogP contribution in [0, 0.1) is 11.8 Å². The normalized spacial score (nSPS) is 15.2. The molecule has 2 N–H and O–H groups in total. The zero-order valence-electron chi connectivity index (χ0n) is 14.3. The van der Waals surface area contributed by atoms with Crippen molar-refractivity contribution in [3.05, 3.63) is 29.8 Å². The van der Waals surface area contributed by atoms with Crippen LogP contribution in [-0.4, -0.2) is 23.7 Å². The van der Waals surface area contributed by atoms with Crippen LogP contribution in [0.2, 0.25) is 0 Å². The number of aliphatic hydroxyl groups excluding tert-OH is 1. The maximum Gasteiger partial charge on any atom is 0.223 e. The Morgan fingerprint density at radius 2 is 1.95 bits per heavy atom. The predicted molar refractivity (Wildman–Crippen MR) is 88.8 cm³/mol. The van der Waals surface area contributed by atoms with E-state index in [1.807, 2.05) is 45.0 Å². The number of hydrogen-bond donors (Lipinski definition) is 2. The minimum absolute atomic E-state index is 0.0111. The monoisotopic (exact) mass is 307 g/mol. The van der Waals surface area contributed by atoms with Gasteiger partial charge in [0.25, 0.3) is 0 Å². The fourth-order valence-electron chi connectivity index (χ4n) is 2.16. The van der Waals surface area contributed by atoms with E-state index in [0.29, 0.717) is 5.92 Å². The molecule has 22 heavy (non-hydrogen) atoms. The molecule has 0 bridgehead atoms. The zero-order valence-corrected chi connectivity index (χ0v) is 14.3. The van der Waals surface area contributed by atoms with Crippen molar-refractivity contribution in [2.24, 2.45) is 11.8 Å². The van der Waals surface area contributed by atoms with Gasteiger partial charge in [-0.2, -0.15) is 0 Å². The first kappa shape index (κ1) is 18.5. The lowest BCUT2D eigenvalue weighted by Crippen LogP contribution is -2.35. The maximum atomic E-state index is 12.0. The van der Waals surface area contributed by atoms with E-state index in [9.17, 15) is 9.90 Å². The second kappa shape index (κ2) is 8.79. The summed E-state index contributed by atoms with van der Waals surface area (Å²) in [5.41, 5.74) is 0.745. The molecule has 3 atom stereocenters. The fourth-order valence-corrected chi connectivity index (χ4v) is 2.16. The van der Waals surface area contributed by atoms with Gasteiger partial charge < -0.3 is 15.2 Å². The van der Waals surface area contributed by atoms with Crippen LogP contribution >= 0.6 is 0 Å². The molecule has 3 unspecified atom stereocenters. The zero-order chi connectivity index (χ0) is 16.7. The number of hydrogen-bond acceptors (Lipinski definition) is 3. The first-order valence-electron chi connectivity index (χ1n) is 8.07. The average Bonchev–Trinajstić information content (AvgIpc) is 2.50. The highest BCUT2D eigenvalue weighted by atomic mass is 16.5. The van der Waals surface area contributed by atoms with E-state index >= 15 is 0 Å². The lowest BCUT2D eigenvalue weighted by molar-refractivity contribution is -0.126. The van der Waals surface area contributed by atoms with Gasteiger partial charge in [-0.05, 0) is 37.5 Å². The SMILES string of the molecule is CCC(C)C(C)C(=O)NCC(O)c1cccc(OC(C)C)c1. The third kappa shape index (κ3) is 5.68. The molecule has 0 aliphatic carbocycles. The summed E-state index contributed by atoms with van der Waals surface area (Å²) in [6.07, 6.45) is 0.318. The maximum absolute atomic E-state index is 12.0. The number of aliphatic hydroxyl groups is 1. The number of carbonyl (C=O) groups is 1. The Labute approximate surface area is 133 Å². The minimum atomic E-state index is -0.733. The smallest absolute Gasteiger partial charge is 0.223 e. The molecule has 0 fully saturated rings. The van der Waals surface area contributed by atoms with Gasteiger partial charge in [0.1, 0.15) is 5.75 Å². The topological polar surface area (TPSA) is 58.6 Å². The Kier molecular flexibility index (Phi) is 7.39. The van der Waals surface area contributed by atoms with Crippen molar-refractivity contribution in [1.82, 2.24) is 5.32 Å². The molecule has 0 heterocycles. The predicted octanol–water partition coefficient (Wildman–Crippen LogP) is 3.31. The molecule has 0 spiro atoms. The van der Waals surface area contributed by atoms with Crippen LogP contribution in [0.5, 0.6) is 5.75 Å². The number of benzene rings is 1. The van der Waals surface area contributed by atoms with Gasteiger partial charge in [-0.3, -0.25) is 4.79 Å². The molecule has 124 valence electrons. The van der Waals surface area contributed by atoms with Crippen molar-refractivity contribution in [1.29, 1.82) is 0 Å². The van der Waals surface area contributed by atoms with E-state index in [-0.39, 0.29) is 24.5 Å². The molecule has 4 nitrogen and oxygen atoms in total. The van der Waals surface area contributed by atoms with Gasteiger partial charge in [-0.15, -0.1) is 0 Å². The van der Waals surface area contributed by atoms with E-state index in [4.69, 9.17) is 4.74 Å². The first-order valence-corrected chi connectivity index (χ1v) is 8.07. The molecule has 1 aromatic carbocycles. The standard InChI is InChI=1S/C18H29NO3/c1-6-13(4)14(5)18(21)19-11-17(20)15-8-7-9-16(10-15)22-12(2)3/h7-10,12-14,17,20H,6,11H2,1-5H3,(H,19,21). The summed E-state index contributed by atoms with van der Waals surface area (Å²) >= 11 is 0. The minimum Gasteiger partial charge on any atom is -0.491 e. The molecular formula is C18H29NO3. The van der Waals surface area contributed by atoms with Gasteiger partial charge in [0, 0.05) is 12.5 Å². The van der Waals surface area contributed by atoms with Crippen molar-refractivity contribution in [2.75, 3.05) is 6.54 Å². The van der Waals surface area contributed by atoms with Crippen molar-refractivity contribution in [3.8, 4) is 5.75 Å². The summed E-state index contributed by atoms with van der Waals surface area (Å²) in [6, 6.07) is 7.36. The van der Waals surface area contributed by atoms with Crippen molar-refractivity contribution < 1.29 is 14.6 Å². The quantitative estimate of drug-likeness (QED) is 0.774. The molecule has 1 aromatic rings. The van der Waals surface area contributed by atoms with E-state index < -0.39 is 6.10 Å². The van der Waals surface area contributed by atoms with Gasteiger partial charge >= 0.3 is 0 Å². The van der Waals surface area contributed by atoms with Gasteiger partial charge in [0.05, 0.1) is 12.2 Å². The summed E-state index contributed by atoms with van der Waals surface area (Å²) in [5.74, 6) is 1.00. The molecule has 1 rings (SSSR count). The van der Waals surface area contributed by atoms with Crippen molar-refractivity contribution in [3.63, 3.8) is 0 Å². The molecule has 0 aliphatic rings. The second-order valence-electron chi connectivity index (χ2n) is 6.17. The number of carbonyl (C=O) groups excluding carboxylic acids is 1. The van der Waals surface area contributed by atoms with Crippen LogP contribution in [0.1, 0.15) is 52.7 Å². The summed E-state index contributed by atoms with van der Waals surface area (Å²) < 4.78 is 5.62. The van der Waals surface area contributed by atoms with E-state index in [1.165, 1.54) is 0 Å². The lowest BCUT2D eigenvalue weighted by atomic mass is 9.93. The van der Waals surface area contributed by atoms with Crippen LogP contribution < -0.4 is 10.1 Å². The Hall–Kier alpha value is -1.55. The highest BCUT2D eigenvalue weighted by molar-refractivity contribution is 5.78. The van der Waals surface area contributed by atoms with Crippen LogP contribution in [-0.2, 0) is 4.79 Å². The number of ether oxygens (including phenoxy) is 1. The van der Waals surface area contributed by atoms with Gasteiger partial charge in [-0.1, -0.05) is 39.3 Å². The van der Waals surface area contributed by atoms with Crippen molar-refractivity contribution in [2.45, 2.75) is 53.2 Å².